The fraction of sp³-hybridized carbons (Fsp3) is 0.579. The summed E-state index contributed by atoms with van der Waals surface area (Å²) >= 11 is 0. The van der Waals surface area contributed by atoms with E-state index in [0.29, 0.717) is 32.0 Å². The molecule has 1 N–H and O–H groups in total. The van der Waals surface area contributed by atoms with Gasteiger partial charge in [0.1, 0.15) is 5.75 Å². The minimum atomic E-state index is -0.865. The predicted octanol–water partition coefficient (Wildman–Crippen LogP) is 2.11. The van der Waals surface area contributed by atoms with Crippen LogP contribution in [0, 0.1) is 5.92 Å². The van der Waals surface area contributed by atoms with Gasteiger partial charge < -0.3 is 19.5 Å². The lowest BCUT2D eigenvalue weighted by Gasteiger charge is -2.34. The fourth-order valence-electron chi connectivity index (χ4n) is 4.17. The number of piperidine rings is 1. The molecule has 25 heavy (non-hydrogen) atoms. The number of carbonyl (C=O) groups is 2. The summed E-state index contributed by atoms with van der Waals surface area (Å²) in [6, 6.07) is 5.69. The number of ether oxygens (including phenoxy) is 2. The van der Waals surface area contributed by atoms with Gasteiger partial charge in [0.05, 0.1) is 12.7 Å². The number of rotatable bonds is 3. The lowest BCUT2D eigenvalue weighted by atomic mass is 9.89. The van der Waals surface area contributed by atoms with Crippen molar-refractivity contribution in [1.82, 2.24) is 4.90 Å². The minimum absolute atomic E-state index is 0.0236. The third-order valence-electron chi connectivity index (χ3n) is 5.62. The van der Waals surface area contributed by atoms with E-state index in [0.717, 1.165) is 42.6 Å². The molecule has 2 fully saturated rings. The maximum Gasteiger partial charge on any atom is 0.332 e. The smallest absolute Gasteiger partial charge is 0.332 e. The van der Waals surface area contributed by atoms with E-state index in [1.807, 2.05) is 23.1 Å². The van der Waals surface area contributed by atoms with Crippen LogP contribution in [0.2, 0.25) is 0 Å². The highest BCUT2D eigenvalue weighted by Crippen LogP contribution is 2.33. The average molecular weight is 345 g/mol. The number of fused-ring (bicyclic) bond motifs is 1. The van der Waals surface area contributed by atoms with Gasteiger partial charge in [0.2, 0.25) is 0 Å². The Morgan fingerprint density at radius 1 is 1.12 bits per heavy atom. The molecule has 0 spiro atoms. The zero-order chi connectivity index (χ0) is 17.4. The molecule has 1 aromatic carbocycles. The van der Waals surface area contributed by atoms with Gasteiger partial charge >= 0.3 is 5.97 Å². The first-order valence-electron chi connectivity index (χ1n) is 9.05. The van der Waals surface area contributed by atoms with Crippen LogP contribution in [0.4, 0.5) is 0 Å². The van der Waals surface area contributed by atoms with Gasteiger partial charge in [0.15, 0.2) is 6.10 Å². The molecule has 0 unspecified atom stereocenters. The highest BCUT2D eigenvalue weighted by molar-refractivity contribution is 5.94. The molecule has 134 valence electrons. The van der Waals surface area contributed by atoms with E-state index in [4.69, 9.17) is 14.6 Å². The number of carbonyl (C=O) groups excluding carboxylic acids is 1. The molecule has 0 bridgehead atoms. The lowest BCUT2D eigenvalue weighted by Crippen LogP contribution is -2.41. The second kappa shape index (κ2) is 6.67. The Bertz CT molecular complexity index is 680. The summed E-state index contributed by atoms with van der Waals surface area (Å²) in [4.78, 5) is 25.7. The third-order valence-corrected chi connectivity index (χ3v) is 5.62. The highest BCUT2D eigenvalue weighted by Gasteiger charge is 2.37. The number of amides is 1. The number of hydrogen-bond donors (Lipinski definition) is 1. The molecule has 0 radical (unpaired) electrons. The van der Waals surface area contributed by atoms with E-state index in [1.165, 1.54) is 0 Å². The fourth-order valence-corrected chi connectivity index (χ4v) is 4.17. The van der Waals surface area contributed by atoms with Crippen LogP contribution in [0.3, 0.4) is 0 Å². The SMILES string of the molecule is O=C(O)[C@H]1CC[C@@H](C2CCN(C(=O)c3ccc4c(c3)CCO4)CC2)O1. The van der Waals surface area contributed by atoms with Crippen LogP contribution < -0.4 is 4.74 Å². The Morgan fingerprint density at radius 2 is 1.92 bits per heavy atom. The molecular weight excluding hydrogens is 322 g/mol. The molecule has 6 heteroatoms. The molecule has 4 rings (SSSR count). The largest absolute Gasteiger partial charge is 0.493 e. The number of likely N-dealkylation sites (tertiary alicyclic amines) is 1. The molecular formula is C19H23NO5. The van der Waals surface area contributed by atoms with E-state index in [1.54, 1.807) is 0 Å². The van der Waals surface area contributed by atoms with Crippen molar-refractivity contribution in [3.05, 3.63) is 29.3 Å². The Morgan fingerprint density at radius 3 is 2.64 bits per heavy atom. The van der Waals surface area contributed by atoms with E-state index in [9.17, 15) is 9.59 Å². The molecule has 0 aromatic heterocycles. The first-order chi connectivity index (χ1) is 12.1. The molecule has 2 saturated heterocycles. The van der Waals surface area contributed by atoms with Crippen molar-refractivity contribution >= 4 is 11.9 Å². The molecule has 0 aliphatic carbocycles. The van der Waals surface area contributed by atoms with Crippen molar-refractivity contribution in [3.63, 3.8) is 0 Å². The number of hydrogen-bond acceptors (Lipinski definition) is 4. The van der Waals surface area contributed by atoms with Crippen molar-refractivity contribution in [3.8, 4) is 5.75 Å². The van der Waals surface area contributed by atoms with Crippen molar-refractivity contribution in [2.75, 3.05) is 19.7 Å². The number of carboxylic acids is 1. The Labute approximate surface area is 146 Å². The summed E-state index contributed by atoms with van der Waals surface area (Å²) in [6.07, 6.45) is 3.38. The molecule has 0 saturated carbocycles. The van der Waals surface area contributed by atoms with Gasteiger partial charge in [-0.15, -0.1) is 0 Å². The van der Waals surface area contributed by atoms with Crippen LogP contribution in [-0.2, 0) is 16.0 Å². The van der Waals surface area contributed by atoms with E-state index in [2.05, 4.69) is 0 Å². The summed E-state index contributed by atoms with van der Waals surface area (Å²) in [6.45, 7) is 2.10. The lowest BCUT2D eigenvalue weighted by molar-refractivity contribution is -0.150. The summed E-state index contributed by atoms with van der Waals surface area (Å²) in [5.74, 6) is 0.447. The summed E-state index contributed by atoms with van der Waals surface area (Å²) in [5, 5.41) is 9.05. The van der Waals surface area contributed by atoms with Crippen molar-refractivity contribution in [1.29, 1.82) is 0 Å². The van der Waals surface area contributed by atoms with E-state index < -0.39 is 12.1 Å². The first-order valence-corrected chi connectivity index (χ1v) is 9.05. The molecule has 3 heterocycles. The maximum absolute atomic E-state index is 12.7. The molecule has 6 nitrogen and oxygen atoms in total. The maximum atomic E-state index is 12.7. The molecule has 2 atom stereocenters. The standard InChI is InChI=1S/C19H23NO5/c21-18(14-1-2-15-13(11-14)7-10-24-15)20-8-5-12(6-9-20)16-3-4-17(25-16)19(22)23/h1-2,11-12,16-17H,3-10H2,(H,22,23)/t16-,17+/m0/s1. The minimum Gasteiger partial charge on any atom is -0.493 e. The van der Waals surface area contributed by atoms with E-state index >= 15 is 0 Å². The van der Waals surface area contributed by atoms with Gasteiger partial charge in [0.25, 0.3) is 5.91 Å². The molecule has 3 aliphatic heterocycles. The van der Waals surface area contributed by atoms with Crippen molar-refractivity contribution < 1.29 is 24.2 Å². The Balaban J connectivity index is 1.34. The van der Waals surface area contributed by atoms with Crippen molar-refractivity contribution in [2.24, 2.45) is 5.92 Å². The van der Waals surface area contributed by atoms with Gasteiger partial charge in [-0.25, -0.2) is 4.79 Å². The van der Waals surface area contributed by atoms with Crippen LogP contribution in [0.5, 0.6) is 5.75 Å². The Kier molecular flexibility index (Phi) is 4.37. The van der Waals surface area contributed by atoms with Crippen LogP contribution in [-0.4, -0.2) is 53.8 Å². The summed E-state index contributed by atoms with van der Waals surface area (Å²) in [7, 11) is 0. The van der Waals surface area contributed by atoms with E-state index in [-0.39, 0.29) is 12.0 Å². The Hall–Kier alpha value is -2.08. The summed E-state index contributed by atoms with van der Waals surface area (Å²) in [5.41, 5.74) is 1.84. The van der Waals surface area contributed by atoms with Gasteiger partial charge in [-0.05, 0) is 55.4 Å². The zero-order valence-electron chi connectivity index (χ0n) is 14.1. The van der Waals surface area contributed by atoms with Gasteiger partial charge in [0, 0.05) is 25.1 Å². The number of carboxylic acid groups (broad SMARTS) is 1. The quantitative estimate of drug-likeness (QED) is 0.908. The molecule has 1 aromatic rings. The first kappa shape index (κ1) is 16.4. The number of nitrogens with zero attached hydrogens (tertiary/aromatic N) is 1. The predicted molar refractivity (Wildman–Crippen MR) is 89.8 cm³/mol. The second-order valence-corrected chi connectivity index (χ2v) is 7.13. The normalized spacial score (nSPS) is 26.3. The van der Waals surface area contributed by atoms with Gasteiger partial charge in [-0.2, -0.15) is 0 Å². The monoisotopic (exact) mass is 345 g/mol. The highest BCUT2D eigenvalue weighted by atomic mass is 16.5. The number of aliphatic carboxylic acids is 1. The van der Waals surface area contributed by atoms with Crippen molar-refractivity contribution in [2.45, 2.75) is 44.3 Å². The zero-order valence-corrected chi connectivity index (χ0v) is 14.1. The number of benzene rings is 1. The van der Waals surface area contributed by atoms with Crippen LogP contribution >= 0.6 is 0 Å². The van der Waals surface area contributed by atoms with Crippen LogP contribution in [0.1, 0.15) is 41.6 Å². The summed E-state index contributed by atoms with van der Waals surface area (Å²) < 4.78 is 11.2. The van der Waals surface area contributed by atoms with Gasteiger partial charge in [-0.1, -0.05) is 0 Å². The third kappa shape index (κ3) is 3.23. The molecule has 1 amide bonds. The van der Waals surface area contributed by atoms with Gasteiger partial charge in [-0.3, -0.25) is 4.79 Å². The average Bonchev–Trinajstić information content (AvgIpc) is 3.30. The van der Waals surface area contributed by atoms with Crippen LogP contribution in [0.15, 0.2) is 18.2 Å². The molecule has 3 aliphatic rings. The second-order valence-electron chi connectivity index (χ2n) is 7.13. The van der Waals surface area contributed by atoms with Crippen LogP contribution in [0.25, 0.3) is 0 Å². The topological polar surface area (TPSA) is 76.1 Å².